The zero-order chi connectivity index (χ0) is 10.2. The van der Waals surface area contributed by atoms with Crippen molar-refractivity contribution in [2.45, 2.75) is 12.3 Å². The highest BCUT2D eigenvalue weighted by Gasteiger charge is 2.53. The van der Waals surface area contributed by atoms with Gasteiger partial charge in [0, 0.05) is 17.0 Å². The predicted octanol–water partition coefficient (Wildman–Crippen LogP) is 1.76. The maximum absolute atomic E-state index is 9.24. The van der Waals surface area contributed by atoms with E-state index in [0.717, 1.165) is 11.4 Å². The number of aliphatic hydroxyl groups is 1. The van der Waals surface area contributed by atoms with Crippen molar-refractivity contribution in [1.29, 1.82) is 0 Å². The molecule has 1 fully saturated rings. The first-order chi connectivity index (χ1) is 6.72. The molecule has 0 saturated heterocycles. The Labute approximate surface area is 88.7 Å². The van der Waals surface area contributed by atoms with Crippen molar-refractivity contribution in [1.82, 2.24) is 0 Å². The van der Waals surface area contributed by atoms with Crippen LogP contribution in [-0.2, 0) is 0 Å². The van der Waals surface area contributed by atoms with Gasteiger partial charge in [-0.05, 0) is 30.0 Å². The molecule has 1 saturated carbocycles. The van der Waals surface area contributed by atoms with Gasteiger partial charge in [-0.1, -0.05) is 23.7 Å². The Morgan fingerprint density at radius 3 is 2.50 bits per heavy atom. The Bertz CT molecular complexity index is 319. The molecule has 0 bridgehead atoms. The van der Waals surface area contributed by atoms with Crippen molar-refractivity contribution in [3.8, 4) is 0 Å². The number of benzene rings is 1. The molecule has 1 aromatic carbocycles. The van der Waals surface area contributed by atoms with Crippen LogP contribution in [-0.4, -0.2) is 18.3 Å². The molecule has 14 heavy (non-hydrogen) atoms. The molecular formula is C11H14ClNO. The fraction of sp³-hybridized carbons (Fsp3) is 0.455. The standard InChI is InChI=1S/C11H14ClNO/c12-9-3-1-8(2-4-9)10-5-11(10,6-13)7-14/h1-4,10,14H,5-7,13H2/t10-,11+/m1/s1. The molecule has 76 valence electrons. The zero-order valence-electron chi connectivity index (χ0n) is 7.91. The molecule has 0 aromatic heterocycles. The van der Waals surface area contributed by atoms with Crippen LogP contribution in [0, 0.1) is 5.41 Å². The average Bonchev–Trinajstić information content (AvgIpc) is 2.94. The van der Waals surface area contributed by atoms with E-state index in [1.165, 1.54) is 5.56 Å². The summed E-state index contributed by atoms with van der Waals surface area (Å²) in [4.78, 5) is 0. The highest BCUT2D eigenvalue weighted by atomic mass is 35.5. The first-order valence-electron chi connectivity index (χ1n) is 4.78. The fourth-order valence-electron chi connectivity index (χ4n) is 1.98. The number of rotatable bonds is 3. The Balaban J connectivity index is 2.16. The molecule has 0 spiro atoms. The Kier molecular flexibility index (Phi) is 2.52. The summed E-state index contributed by atoms with van der Waals surface area (Å²) in [5, 5.41) is 9.98. The maximum atomic E-state index is 9.24. The van der Waals surface area contributed by atoms with Gasteiger partial charge in [0.1, 0.15) is 0 Å². The Morgan fingerprint density at radius 1 is 1.43 bits per heavy atom. The van der Waals surface area contributed by atoms with Gasteiger partial charge in [-0.2, -0.15) is 0 Å². The highest BCUT2D eigenvalue weighted by Crippen LogP contribution is 2.58. The largest absolute Gasteiger partial charge is 0.396 e. The summed E-state index contributed by atoms with van der Waals surface area (Å²) in [5.41, 5.74) is 6.82. The minimum atomic E-state index is -0.0617. The van der Waals surface area contributed by atoms with E-state index in [0.29, 0.717) is 12.5 Å². The van der Waals surface area contributed by atoms with E-state index < -0.39 is 0 Å². The van der Waals surface area contributed by atoms with Gasteiger partial charge in [0.25, 0.3) is 0 Å². The first-order valence-corrected chi connectivity index (χ1v) is 5.16. The quantitative estimate of drug-likeness (QED) is 0.801. The topological polar surface area (TPSA) is 46.2 Å². The molecular weight excluding hydrogens is 198 g/mol. The van der Waals surface area contributed by atoms with Gasteiger partial charge in [-0.25, -0.2) is 0 Å². The van der Waals surface area contributed by atoms with E-state index in [1.54, 1.807) is 0 Å². The summed E-state index contributed by atoms with van der Waals surface area (Å²) in [6, 6.07) is 7.79. The number of halogens is 1. The molecule has 1 aliphatic rings. The van der Waals surface area contributed by atoms with Crippen molar-refractivity contribution >= 4 is 11.6 Å². The highest BCUT2D eigenvalue weighted by molar-refractivity contribution is 6.30. The van der Waals surface area contributed by atoms with Crippen LogP contribution in [0.5, 0.6) is 0 Å². The predicted molar refractivity (Wildman–Crippen MR) is 57.4 cm³/mol. The van der Waals surface area contributed by atoms with Gasteiger partial charge in [0.2, 0.25) is 0 Å². The molecule has 2 atom stereocenters. The van der Waals surface area contributed by atoms with Crippen molar-refractivity contribution in [3.63, 3.8) is 0 Å². The molecule has 0 unspecified atom stereocenters. The van der Waals surface area contributed by atoms with Gasteiger partial charge < -0.3 is 10.8 Å². The number of hydrogen-bond donors (Lipinski definition) is 2. The van der Waals surface area contributed by atoms with E-state index >= 15 is 0 Å². The third kappa shape index (κ3) is 1.54. The third-order valence-corrected chi connectivity index (χ3v) is 3.44. The van der Waals surface area contributed by atoms with Crippen molar-refractivity contribution in [2.24, 2.45) is 11.1 Å². The lowest BCUT2D eigenvalue weighted by Gasteiger charge is -2.10. The summed E-state index contributed by atoms with van der Waals surface area (Å²) < 4.78 is 0. The summed E-state index contributed by atoms with van der Waals surface area (Å²) in [5.74, 6) is 0.412. The normalized spacial score (nSPS) is 30.4. The van der Waals surface area contributed by atoms with Crippen LogP contribution in [0.25, 0.3) is 0 Å². The second kappa shape index (κ2) is 3.54. The molecule has 1 aromatic rings. The maximum Gasteiger partial charge on any atom is 0.0505 e. The van der Waals surface area contributed by atoms with Crippen LogP contribution >= 0.6 is 11.6 Å². The van der Waals surface area contributed by atoms with Gasteiger partial charge >= 0.3 is 0 Å². The van der Waals surface area contributed by atoms with E-state index in [1.807, 2.05) is 24.3 Å². The molecule has 0 amide bonds. The zero-order valence-corrected chi connectivity index (χ0v) is 8.67. The number of hydrogen-bond acceptors (Lipinski definition) is 2. The summed E-state index contributed by atoms with van der Waals surface area (Å²) in [6.07, 6.45) is 0.988. The van der Waals surface area contributed by atoms with Crippen LogP contribution in [0.15, 0.2) is 24.3 Å². The van der Waals surface area contributed by atoms with Crippen molar-refractivity contribution in [3.05, 3.63) is 34.9 Å². The second-order valence-corrected chi connectivity index (χ2v) is 4.47. The fourth-order valence-corrected chi connectivity index (χ4v) is 2.10. The van der Waals surface area contributed by atoms with Crippen molar-refractivity contribution < 1.29 is 5.11 Å². The Hall–Kier alpha value is -0.570. The van der Waals surface area contributed by atoms with Crippen LogP contribution in [0.3, 0.4) is 0 Å². The molecule has 0 heterocycles. The summed E-state index contributed by atoms with van der Waals surface area (Å²) in [7, 11) is 0. The van der Waals surface area contributed by atoms with Crippen molar-refractivity contribution in [2.75, 3.05) is 13.2 Å². The lowest BCUT2D eigenvalue weighted by atomic mass is 10.0. The van der Waals surface area contributed by atoms with Crippen LogP contribution in [0.2, 0.25) is 5.02 Å². The number of nitrogens with two attached hydrogens (primary N) is 1. The molecule has 2 rings (SSSR count). The lowest BCUT2D eigenvalue weighted by Crippen LogP contribution is -2.21. The summed E-state index contributed by atoms with van der Waals surface area (Å²) in [6.45, 7) is 0.730. The van der Waals surface area contributed by atoms with E-state index in [-0.39, 0.29) is 12.0 Å². The molecule has 1 aliphatic carbocycles. The Morgan fingerprint density at radius 2 is 2.07 bits per heavy atom. The minimum Gasteiger partial charge on any atom is -0.396 e. The van der Waals surface area contributed by atoms with E-state index in [2.05, 4.69) is 0 Å². The van der Waals surface area contributed by atoms with Gasteiger partial charge in [-0.3, -0.25) is 0 Å². The average molecular weight is 212 g/mol. The molecule has 3 heteroatoms. The molecule has 0 aliphatic heterocycles. The minimum absolute atomic E-state index is 0.0617. The van der Waals surface area contributed by atoms with Crippen LogP contribution in [0.4, 0.5) is 0 Å². The second-order valence-electron chi connectivity index (χ2n) is 4.03. The first kappa shape index (κ1) is 9.97. The van der Waals surface area contributed by atoms with E-state index in [4.69, 9.17) is 17.3 Å². The molecule has 0 radical (unpaired) electrons. The monoisotopic (exact) mass is 211 g/mol. The SMILES string of the molecule is NC[C@]1(CO)C[C@@H]1c1ccc(Cl)cc1. The lowest BCUT2D eigenvalue weighted by molar-refractivity contribution is 0.211. The van der Waals surface area contributed by atoms with Crippen LogP contribution < -0.4 is 5.73 Å². The van der Waals surface area contributed by atoms with Gasteiger partial charge in [0.15, 0.2) is 0 Å². The van der Waals surface area contributed by atoms with Gasteiger partial charge in [-0.15, -0.1) is 0 Å². The third-order valence-electron chi connectivity index (χ3n) is 3.18. The number of aliphatic hydroxyl groups excluding tert-OH is 1. The van der Waals surface area contributed by atoms with Gasteiger partial charge in [0.05, 0.1) is 6.61 Å². The van der Waals surface area contributed by atoms with E-state index in [9.17, 15) is 5.11 Å². The smallest absolute Gasteiger partial charge is 0.0505 e. The summed E-state index contributed by atoms with van der Waals surface area (Å²) >= 11 is 5.80. The molecule has 3 N–H and O–H groups in total. The molecule has 2 nitrogen and oxygen atoms in total. The van der Waals surface area contributed by atoms with Crippen LogP contribution in [0.1, 0.15) is 17.9 Å².